The van der Waals surface area contributed by atoms with E-state index in [4.69, 9.17) is 0 Å². The Bertz CT molecular complexity index is 413. The molecule has 1 atom stereocenters. The molecule has 98 valence electrons. The maximum Gasteiger partial charge on any atom is 0.176 e. The predicted molar refractivity (Wildman–Crippen MR) is 82.9 cm³/mol. The van der Waals surface area contributed by atoms with Crippen molar-refractivity contribution in [3.63, 3.8) is 0 Å². The van der Waals surface area contributed by atoms with Crippen molar-refractivity contribution in [1.29, 1.82) is 0 Å². The van der Waals surface area contributed by atoms with Crippen LogP contribution in [0.4, 0.5) is 0 Å². The lowest BCUT2D eigenvalue weighted by Crippen LogP contribution is -2.28. The van der Waals surface area contributed by atoms with Gasteiger partial charge in [0, 0.05) is 15.7 Å². The molecule has 0 N–H and O–H groups in total. The first-order valence-electron chi connectivity index (χ1n) is 6.57. The molecule has 0 spiro atoms. The van der Waals surface area contributed by atoms with Gasteiger partial charge in [0.05, 0.1) is 6.54 Å². The van der Waals surface area contributed by atoms with Crippen LogP contribution in [0.1, 0.15) is 30.6 Å². The van der Waals surface area contributed by atoms with E-state index >= 15 is 0 Å². The number of carbonyl (C=O) groups is 1. The van der Waals surface area contributed by atoms with Crippen LogP contribution in [0.15, 0.2) is 24.3 Å². The summed E-state index contributed by atoms with van der Waals surface area (Å²) in [6, 6.07) is 7.85. The molecule has 1 heterocycles. The van der Waals surface area contributed by atoms with Gasteiger partial charge in [0.25, 0.3) is 0 Å². The van der Waals surface area contributed by atoms with Gasteiger partial charge in [0.2, 0.25) is 0 Å². The molecule has 1 aromatic carbocycles. The van der Waals surface area contributed by atoms with Crippen molar-refractivity contribution in [3.05, 3.63) is 33.4 Å². The van der Waals surface area contributed by atoms with Crippen LogP contribution in [-0.4, -0.2) is 30.3 Å². The van der Waals surface area contributed by atoms with Gasteiger partial charge in [-0.15, -0.1) is 0 Å². The number of halogens is 1. The van der Waals surface area contributed by atoms with Crippen molar-refractivity contribution in [2.75, 3.05) is 19.6 Å². The molecule has 2 rings (SSSR count). The second-order valence-electron chi connectivity index (χ2n) is 5.46. The topological polar surface area (TPSA) is 20.3 Å². The smallest absolute Gasteiger partial charge is 0.176 e. The molecular formula is C15H20INO. The van der Waals surface area contributed by atoms with Gasteiger partial charge in [-0.3, -0.25) is 9.69 Å². The number of nitrogens with zero attached hydrogens (tertiary/aromatic N) is 1. The van der Waals surface area contributed by atoms with Crippen LogP contribution in [0.2, 0.25) is 0 Å². The van der Waals surface area contributed by atoms with Crippen LogP contribution in [-0.2, 0) is 0 Å². The van der Waals surface area contributed by atoms with Gasteiger partial charge in [-0.05, 0) is 59.5 Å². The Balaban J connectivity index is 1.91. The van der Waals surface area contributed by atoms with Crippen molar-refractivity contribution in [1.82, 2.24) is 4.90 Å². The summed E-state index contributed by atoms with van der Waals surface area (Å²) in [4.78, 5) is 14.4. The molecule has 1 aliphatic heterocycles. The Morgan fingerprint density at radius 3 is 2.61 bits per heavy atom. The van der Waals surface area contributed by atoms with Gasteiger partial charge in [-0.25, -0.2) is 0 Å². The van der Waals surface area contributed by atoms with E-state index < -0.39 is 0 Å². The number of benzene rings is 1. The highest BCUT2D eigenvalue weighted by molar-refractivity contribution is 14.1. The zero-order valence-corrected chi connectivity index (χ0v) is 13.2. The minimum atomic E-state index is 0.246. The number of carbonyl (C=O) groups excluding carboxylic acids is 1. The second kappa shape index (κ2) is 6.15. The number of hydrogen-bond acceptors (Lipinski definition) is 2. The number of Topliss-reactive ketones (excluding diaryl/α,β-unsaturated/α-hetero) is 1. The van der Waals surface area contributed by atoms with E-state index in [2.05, 4.69) is 41.3 Å². The highest BCUT2D eigenvalue weighted by atomic mass is 127. The van der Waals surface area contributed by atoms with E-state index in [1.54, 1.807) is 0 Å². The summed E-state index contributed by atoms with van der Waals surface area (Å²) in [5, 5.41) is 0. The van der Waals surface area contributed by atoms with Crippen LogP contribution in [0.25, 0.3) is 0 Å². The van der Waals surface area contributed by atoms with Crippen molar-refractivity contribution in [2.45, 2.75) is 20.3 Å². The maximum atomic E-state index is 12.1. The van der Waals surface area contributed by atoms with Gasteiger partial charge in [-0.2, -0.15) is 0 Å². The molecule has 1 saturated heterocycles. The fourth-order valence-corrected chi connectivity index (χ4v) is 2.84. The first kappa shape index (κ1) is 14.0. The molecule has 0 amide bonds. The van der Waals surface area contributed by atoms with Crippen LogP contribution in [0.5, 0.6) is 0 Å². The van der Waals surface area contributed by atoms with Crippen LogP contribution < -0.4 is 0 Å². The molecule has 18 heavy (non-hydrogen) atoms. The molecule has 0 aromatic heterocycles. The van der Waals surface area contributed by atoms with Crippen LogP contribution >= 0.6 is 22.6 Å². The minimum absolute atomic E-state index is 0.246. The number of rotatable bonds is 4. The molecule has 1 fully saturated rings. The van der Waals surface area contributed by atoms with Gasteiger partial charge < -0.3 is 0 Å². The summed E-state index contributed by atoms with van der Waals surface area (Å²) in [6.07, 6.45) is 1.23. The van der Waals surface area contributed by atoms with Crippen LogP contribution in [0.3, 0.4) is 0 Å². The third-order valence-corrected chi connectivity index (χ3v) is 4.50. The standard InChI is InChI=1S/C15H20INO/c1-11(2)13-7-8-17(9-13)10-15(18)12-3-5-14(16)6-4-12/h3-6,11,13H,7-10H2,1-2H3. The normalized spacial score (nSPS) is 20.6. The molecule has 0 saturated carbocycles. The van der Waals surface area contributed by atoms with Gasteiger partial charge in [0.15, 0.2) is 5.78 Å². The summed E-state index contributed by atoms with van der Waals surface area (Å²) in [5.74, 6) is 1.73. The Labute approximate surface area is 123 Å². The monoisotopic (exact) mass is 357 g/mol. The number of likely N-dealkylation sites (tertiary alicyclic amines) is 1. The van der Waals surface area contributed by atoms with E-state index in [1.807, 2.05) is 24.3 Å². The molecule has 0 radical (unpaired) electrons. The minimum Gasteiger partial charge on any atom is -0.296 e. The average Bonchev–Trinajstić information content (AvgIpc) is 2.78. The zero-order valence-electron chi connectivity index (χ0n) is 11.0. The SMILES string of the molecule is CC(C)C1CCN(CC(=O)c2ccc(I)cc2)C1. The van der Waals surface area contributed by atoms with Crippen molar-refractivity contribution >= 4 is 28.4 Å². The molecule has 1 aromatic rings. The number of hydrogen-bond donors (Lipinski definition) is 0. The summed E-state index contributed by atoms with van der Waals surface area (Å²) < 4.78 is 1.17. The molecular weight excluding hydrogens is 337 g/mol. The Hall–Kier alpha value is -0.420. The van der Waals surface area contributed by atoms with E-state index in [-0.39, 0.29) is 5.78 Å². The molecule has 0 aliphatic carbocycles. The quantitative estimate of drug-likeness (QED) is 0.608. The van der Waals surface area contributed by atoms with E-state index in [1.165, 1.54) is 9.99 Å². The largest absolute Gasteiger partial charge is 0.296 e. The van der Waals surface area contributed by atoms with Crippen molar-refractivity contribution in [2.24, 2.45) is 11.8 Å². The van der Waals surface area contributed by atoms with Gasteiger partial charge in [-0.1, -0.05) is 26.0 Å². The molecule has 1 unspecified atom stereocenters. The average molecular weight is 357 g/mol. The van der Waals surface area contributed by atoms with Gasteiger partial charge >= 0.3 is 0 Å². The first-order valence-corrected chi connectivity index (χ1v) is 7.65. The van der Waals surface area contributed by atoms with Crippen molar-refractivity contribution in [3.8, 4) is 0 Å². The Kier molecular flexibility index (Phi) is 4.78. The summed E-state index contributed by atoms with van der Waals surface area (Å²) in [5.41, 5.74) is 0.836. The lowest BCUT2D eigenvalue weighted by molar-refractivity contribution is 0.0942. The number of ketones is 1. The molecule has 0 bridgehead atoms. The highest BCUT2D eigenvalue weighted by Gasteiger charge is 2.26. The van der Waals surface area contributed by atoms with Crippen LogP contribution in [0, 0.1) is 15.4 Å². The Morgan fingerprint density at radius 2 is 2.06 bits per heavy atom. The summed E-state index contributed by atoms with van der Waals surface area (Å²) in [6.45, 7) is 7.26. The molecule has 3 heteroatoms. The van der Waals surface area contributed by atoms with Crippen molar-refractivity contribution < 1.29 is 4.79 Å². The third kappa shape index (κ3) is 3.54. The van der Waals surface area contributed by atoms with E-state index in [0.29, 0.717) is 6.54 Å². The fourth-order valence-electron chi connectivity index (χ4n) is 2.48. The second-order valence-corrected chi connectivity index (χ2v) is 6.70. The highest BCUT2D eigenvalue weighted by Crippen LogP contribution is 2.23. The summed E-state index contributed by atoms with van der Waals surface area (Å²) >= 11 is 2.26. The third-order valence-electron chi connectivity index (χ3n) is 3.79. The zero-order chi connectivity index (χ0) is 13.1. The summed E-state index contributed by atoms with van der Waals surface area (Å²) in [7, 11) is 0. The predicted octanol–water partition coefficient (Wildman–Crippen LogP) is 3.45. The molecule has 2 nitrogen and oxygen atoms in total. The first-order chi connectivity index (χ1) is 8.56. The lowest BCUT2D eigenvalue weighted by Gasteiger charge is -2.17. The van der Waals surface area contributed by atoms with E-state index in [0.717, 1.165) is 30.5 Å². The fraction of sp³-hybridized carbons (Fsp3) is 0.533. The van der Waals surface area contributed by atoms with E-state index in [9.17, 15) is 4.79 Å². The lowest BCUT2D eigenvalue weighted by atomic mass is 9.95. The van der Waals surface area contributed by atoms with Gasteiger partial charge in [0.1, 0.15) is 0 Å². The maximum absolute atomic E-state index is 12.1. The Morgan fingerprint density at radius 1 is 1.39 bits per heavy atom. The molecule has 1 aliphatic rings.